The van der Waals surface area contributed by atoms with Gasteiger partial charge >= 0.3 is 0 Å². The number of nitrogens with one attached hydrogen (secondary N) is 1. The highest BCUT2D eigenvalue weighted by Gasteiger charge is 2.23. The Kier molecular flexibility index (Phi) is 3.62. The van der Waals surface area contributed by atoms with E-state index in [0.717, 1.165) is 6.54 Å². The summed E-state index contributed by atoms with van der Waals surface area (Å²) in [6.07, 6.45) is 2.42. The second-order valence-corrected chi connectivity index (χ2v) is 5.82. The topological polar surface area (TPSA) is 12.0 Å². The fraction of sp³-hybridized carbons (Fsp3) is 0.368. The minimum Gasteiger partial charge on any atom is -0.310 e. The Bertz CT molecular complexity index is 628. The van der Waals surface area contributed by atoms with E-state index in [4.69, 9.17) is 0 Å². The van der Waals surface area contributed by atoms with E-state index in [0.29, 0.717) is 6.04 Å². The molecule has 0 bridgehead atoms. The third kappa shape index (κ3) is 2.27. The lowest BCUT2D eigenvalue weighted by Gasteiger charge is -2.14. The first-order valence-corrected chi connectivity index (χ1v) is 7.63. The van der Waals surface area contributed by atoms with Crippen LogP contribution in [0, 0.1) is 13.8 Å². The van der Waals surface area contributed by atoms with Crippen molar-refractivity contribution in [1.29, 1.82) is 0 Å². The van der Waals surface area contributed by atoms with Crippen LogP contribution in [-0.4, -0.2) is 6.54 Å². The Hall–Kier alpha value is -1.60. The minimum absolute atomic E-state index is 0.543. The molecule has 2 aromatic carbocycles. The summed E-state index contributed by atoms with van der Waals surface area (Å²) < 4.78 is 0. The Morgan fingerprint density at radius 2 is 1.95 bits per heavy atom. The fourth-order valence-electron chi connectivity index (χ4n) is 3.29. The fourth-order valence-corrected chi connectivity index (χ4v) is 3.29. The van der Waals surface area contributed by atoms with E-state index in [1.165, 1.54) is 40.7 Å². The molecule has 0 saturated heterocycles. The van der Waals surface area contributed by atoms with Crippen LogP contribution in [0.4, 0.5) is 0 Å². The summed E-state index contributed by atoms with van der Waals surface area (Å²) >= 11 is 0. The Labute approximate surface area is 122 Å². The first-order chi connectivity index (χ1) is 9.70. The maximum atomic E-state index is 3.60. The van der Waals surface area contributed by atoms with Crippen molar-refractivity contribution in [2.24, 2.45) is 0 Å². The quantitative estimate of drug-likeness (QED) is 0.857. The molecule has 0 aromatic heterocycles. The van der Waals surface area contributed by atoms with E-state index >= 15 is 0 Å². The molecular weight excluding hydrogens is 242 g/mol. The number of benzene rings is 2. The standard InChI is InChI=1S/C19H23N/c1-4-20-19-11-10-17-16(6-5-7-18(17)19)15-9-8-13(2)14(3)12-15/h5-9,12,19-20H,4,10-11H2,1-3H3. The Balaban J connectivity index is 2.05. The van der Waals surface area contributed by atoms with Crippen molar-refractivity contribution in [2.45, 2.75) is 39.7 Å². The summed E-state index contributed by atoms with van der Waals surface area (Å²) in [6, 6.07) is 14.1. The molecule has 0 saturated carbocycles. The summed E-state index contributed by atoms with van der Waals surface area (Å²) in [5.74, 6) is 0. The van der Waals surface area contributed by atoms with Crippen molar-refractivity contribution in [3.05, 3.63) is 58.7 Å². The van der Waals surface area contributed by atoms with Crippen molar-refractivity contribution in [3.63, 3.8) is 0 Å². The molecule has 1 heteroatoms. The van der Waals surface area contributed by atoms with Crippen LogP contribution in [0.3, 0.4) is 0 Å². The molecule has 0 aliphatic heterocycles. The van der Waals surface area contributed by atoms with Gasteiger partial charge in [0.05, 0.1) is 0 Å². The van der Waals surface area contributed by atoms with Gasteiger partial charge in [-0.1, -0.05) is 43.3 Å². The average molecular weight is 265 g/mol. The number of aryl methyl sites for hydroxylation is 2. The lowest BCUT2D eigenvalue weighted by Crippen LogP contribution is -2.18. The SMILES string of the molecule is CCNC1CCc2c(-c3ccc(C)c(C)c3)cccc21. The molecule has 1 nitrogen and oxygen atoms in total. The van der Waals surface area contributed by atoms with Gasteiger partial charge in [0.1, 0.15) is 0 Å². The molecule has 0 heterocycles. The third-order valence-electron chi connectivity index (χ3n) is 4.54. The average Bonchev–Trinajstić information content (AvgIpc) is 2.86. The van der Waals surface area contributed by atoms with E-state index in [1.807, 2.05) is 0 Å². The molecule has 1 unspecified atom stereocenters. The molecule has 0 amide bonds. The van der Waals surface area contributed by atoms with Crippen molar-refractivity contribution in [1.82, 2.24) is 5.32 Å². The lowest BCUT2D eigenvalue weighted by molar-refractivity contribution is 0.549. The van der Waals surface area contributed by atoms with Gasteiger partial charge in [0.2, 0.25) is 0 Å². The highest BCUT2D eigenvalue weighted by atomic mass is 14.9. The Morgan fingerprint density at radius 1 is 1.10 bits per heavy atom. The molecule has 0 radical (unpaired) electrons. The van der Waals surface area contributed by atoms with E-state index in [1.54, 1.807) is 5.56 Å². The predicted octanol–water partition coefficient (Wildman–Crippen LogP) is 4.57. The van der Waals surface area contributed by atoms with Crippen LogP contribution in [0.1, 0.15) is 41.6 Å². The van der Waals surface area contributed by atoms with E-state index in [2.05, 4.69) is 62.5 Å². The van der Waals surface area contributed by atoms with Crippen LogP contribution in [0.25, 0.3) is 11.1 Å². The van der Waals surface area contributed by atoms with Gasteiger partial charge in [-0.25, -0.2) is 0 Å². The minimum atomic E-state index is 0.543. The molecule has 2 aromatic rings. The van der Waals surface area contributed by atoms with Crippen LogP contribution in [-0.2, 0) is 6.42 Å². The highest BCUT2D eigenvalue weighted by molar-refractivity contribution is 5.71. The second kappa shape index (κ2) is 5.41. The summed E-state index contributed by atoms with van der Waals surface area (Å²) in [6.45, 7) is 7.60. The van der Waals surface area contributed by atoms with Crippen molar-refractivity contribution in [3.8, 4) is 11.1 Å². The maximum absolute atomic E-state index is 3.60. The van der Waals surface area contributed by atoms with Gasteiger partial charge in [-0.15, -0.1) is 0 Å². The van der Waals surface area contributed by atoms with Crippen LogP contribution in [0.15, 0.2) is 36.4 Å². The van der Waals surface area contributed by atoms with E-state index in [9.17, 15) is 0 Å². The van der Waals surface area contributed by atoms with Crippen LogP contribution >= 0.6 is 0 Å². The van der Waals surface area contributed by atoms with E-state index in [-0.39, 0.29) is 0 Å². The molecule has 1 N–H and O–H groups in total. The van der Waals surface area contributed by atoms with Gasteiger partial charge in [-0.05, 0) is 66.6 Å². The van der Waals surface area contributed by atoms with Crippen molar-refractivity contribution in [2.75, 3.05) is 6.54 Å². The predicted molar refractivity (Wildman–Crippen MR) is 86.1 cm³/mol. The van der Waals surface area contributed by atoms with Gasteiger partial charge in [-0.3, -0.25) is 0 Å². The Morgan fingerprint density at radius 3 is 2.70 bits per heavy atom. The zero-order chi connectivity index (χ0) is 14.1. The first-order valence-electron chi connectivity index (χ1n) is 7.63. The molecule has 3 rings (SSSR count). The summed E-state index contributed by atoms with van der Waals surface area (Å²) in [5.41, 5.74) is 8.57. The second-order valence-electron chi connectivity index (χ2n) is 5.82. The molecule has 0 spiro atoms. The summed E-state index contributed by atoms with van der Waals surface area (Å²) in [4.78, 5) is 0. The van der Waals surface area contributed by atoms with E-state index < -0.39 is 0 Å². The smallest absolute Gasteiger partial charge is 0.0326 e. The summed E-state index contributed by atoms with van der Waals surface area (Å²) in [7, 11) is 0. The molecule has 1 aliphatic rings. The number of fused-ring (bicyclic) bond motifs is 1. The molecule has 0 fully saturated rings. The lowest BCUT2D eigenvalue weighted by atomic mass is 9.94. The molecule has 20 heavy (non-hydrogen) atoms. The zero-order valence-corrected chi connectivity index (χ0v) is 12.7. The van der Waals surface area contributed by atoms with Gasteiger partial charge in [-0.2, -0.15) is 0 Å². The maximum Gasteiger partial charge on any atom is 0.0326 e. The van der Waals surface area contributed by atoms with Crippen molar-refractivity contribution < 1.29 is 0 Å². The van der Waals surface area contributed by atoms with Crippen molar-refractivity contribution >= 4 is 0 Å². The van der Waals surface area contributed by atoms with Crippen LogP contribution in [0.5, 0.6) is 0 Å². The van der Waals surface area contributed by atoms with Crippen LogP contribution in [0.2, 0.25) is 0 Å². The number of rotatable bonds is 3. The van der Waals surface area contributed by atoms with Gasteiger partial charge in [0.25, 0.3) is 0 Å². The molecular formula is C19H23N. The number of hydrogen-bond acceptors (Lipinski definition) is 1. The third-order valence-corrected chi connectivity index (χ3v) is 4.54. The zero-order valence-electron chi connectivity index (χ0n) is 12.7. The summed E-state index contributed by atoms with van der Waals surface area (Å²) in [5, 5.41) is 3.60. The first kappa shape index (κ1) is 13.4. The number of hydrogen-bond donors (Lipinski definition) is 1. The molecule has 1 atom stereocenters. The monoisotopic (exact) mass is 265 g/mol. The largest absolute Gasteiger partial charge is 0.310 e. The van der Waals surface area contributed by atoms with Gasteiger partial charge in [0.15, 0.2) is 0 Å². The normalized spacial score (nSPS) is 17.2. The van der Waals surface area contributed by atoms with Gasteiger partial charge < -0.3 is 5.32 Å². The molecule has 1 aliphatic carbocycles. The van der Waals surface area contributed by atoms with Gasteiger partial charge in [0, 0.05) is 6.04 Å². The van der Waals surface area contributed by atoms with Crippen LogP contribution < -0.4 is 5.32 Å². The molecule has 104 valence electrons. The highest BCUT2D eigenvalue weighted by Crippen LogP contribution is 2.37.